The number of aromatic nitrogens is 8. The van der Waals surface area contributed by atoms with Crippen LogP contribution in [0.25, 0.3) is 17.2 Å². The second-order valence-electron chi connectivity index (χ2n) is 6.80. The molecular weight excluding hydrogens is 439 g/mol. The summed E-state index contributed by atoms with van der Waals surface area (Å²) in [5.74, 6) is 0.412. The van der Waals surface area contributed by atoms with E-state index in [1.165, 1.54) is 12.4 Å². The first-order chi connectivity index (χ1) is 15.3. The molecule has 14 heteroatoms. The molecule has 0 atom stereocenters. The highest BCUT2D eigenvalue weighted by Gasteiger charge is 2.18. The van der Waals surface area contributed by atoms with E-state index in [1.54, 1.807) is 10.7 Å². The van der Waals surface area contributed by atoms with Crippen molar-refractivity contribution in [3.05, 3.63) is 53.9 Å². The normalized spacial score (nSPS) is 11.6. The van der Waals surface area contributed by atoms with Gasteiger partial charge < -0.3 is 5.32 Å². The lowest BCUT2D eigenvalue weighted by molar-refractivity contribution is 0.582. The average Bonchev–Trinajstić information content (AvgIpc) is 3.41. The van der Waals surface area contributed by atoms with Crippen molar-refractivity contribution in [2.24, 2.45) is 0 Å². The van der Waals surface area contributed by atoms with Crippen LogP contribution in [-0.2, 0) is 10.0 Å². The largest absolute Gasteiger partial charge is 0.369 e. The van der Waals surface area contributed by atoms with Gasteiger partial charge in [-0.3, -0.25) is 0 Å². The lowest BCUT2D eigenvalue weighted by atomic mass is 10.2. The fourth-order valence-corrected chi connectivity index (χ4v) is 4.06. The summed E-state index contributed by atoms with van der Waals surface area (Å²) >= 11 is 0. The van der Waals surface area contributed by atoms with Crippen LogP contribution in [0, 0.1) is 19.7 Å². The monoisotopic (exact) mass is 458 g/mol. The molecule has 3 heterocycles. The second-order valence-corrected chi connectivity index (χ2v) is 8.57. The summed E-state index contributed by atoms with van der Waals surface area (Å²) in [6.45, 7) is 4.13. The number of hydrogen-bond acceptors (Lipinski definition) is 9. The number of H-pyrrole nitrogens is 1. The Morgan fingerprint density at radius 2 is 1.97 bits per heavy atom. The Morgan fingerprint density at radius 1 is 1.12 bits per heavy atom. The maximum atomic E-state index is 14.0. The van der Waals surface area contributed by atoms with E-state index >= 15 is 0 Å². The minimum Gasteiger partial charge on any atom is -0.369 e. The Hall–Kier alpha value is -3.78. The molecule has 3 aromatic heterocycles. The molecule has 4 rings (SSSR count). The third-order valence-electron chi connectivity index (χ3n) is 4.44. The molecule has 1 aromatic carbocycles. The molecule has 0 spiro atoms. The number of sulfonamides is 1. The lowest BCUT2D eigenvalue weighted by Gasteiger charge is -2.10. The van der Waals surface area contributed by atoms with Crippen molar-refractivity contribution >= 4 is 15.8 Å². The zero-order chi connectivity index (χ0) is 22.7. The average molecular weight is 458 g/mol. The minimum absolute atomic E-state index is 0.0385. The molecule has 0 saturated heterocycles. The quantitative estimate of drug-likeness (QED) is 0.328. The molecule has 0 aliphatic rings. The van der Waals surface area contributed by atoms with Crippen LogP contribution < -0.4 is 10.0 Å². The van der Waals surface area contributed by atoms with E-state index < -0.39 is 15.8 Å². The smallest absolute Gasteiger partial charge is 0.240 e. The molecular formula is C18H19FN10O2S. The van der Waals surface area contributed by atoms with E-state index in [0.29, 0.717) is 11.6 Å². The Kier molecular flexibility index (Phi) is 5.87. The fraction of sp³-hybridized carbons (Fsp3) is 0.222. The van der Waals surface area contributed by atoms with Crippen molar-refractivity contribution in [3.63, 3.8) is 0 Å². The van der Waals surface area contributed by atoms with Crippen molar-refractivity contribution in [2.45, 2.75) is 18.7 Å². The maximum Gasteiger partial charge on any atom is 0.240 e. The van der Waals surface area contributed by atoms with E-state index in [0.717, 1.165) is 23.5 Å². The Bertz CT molecular complexity index is 1340. The molecule has 3 N–H and O–H groups in total. The van der Waals surface area contributed by atoms with Gasteiger partial charge in [0.1, 0.15) is 18.0 Å². The van der Waals surface area contributed by atoms with Crippen molar-refractivity contribution in [3.8, 4) is 17.2 Å². The maximum absolute atomic E-state index is 14.0. The predicted octanol–water partition coefficient (Wildman–Crippen LogP) is 0.989. The summed E-state index contributed by atoms with van der Waals surface area (Å²) in [6, 6.07) is 7.01. The molecule has 0 fully saturated rings. The van der Waals surface area contributed by atoms with E-state index in [-0.39, 0.29) is 29.4 Å². The summed E-state index contributed by atoms with van der Waals surface area (Å²) in [7, 11) is -3.89. The van der Waals surface area contributed by atoms with Crippen LogP contribution in [0.4, 0.5) is 10.2 Å². The van der Waals surface area contributed by atoms with Gasteiger partial charge in [0.25, 0.3) is 0 Å². The molecule has 166 valence electrons. The number of anilines is 1. The lowest BCUT2D eigenvalue weighted by Crippen LogP contribution is -2.29. The van der Waals surface area contributed by atoms with E-state index in [1.807, 2.05) is 19.9 Å². The van der Waals surface area contributed by atoms with Crippen molar-refractivity contribution < 1.29 is 12.8 Å². The van der Waals surface area contributed by atoms with Gasteiger partial charge in [-0.2, -0.15) is 10.3 Å². The Morgan fingerprint density at radius 3 is 2.69 bits per heavy atom. The van der Waals surface area contributed by atoms with Crippen molar-refractivity contribution in [1.29, 1.82) is 0 Å². The zero-order valence-corrected chi connectivity index (χ0v) is 17.9. The molecule has 32 heavy (non-hydrogen) atoms. The summed E-state index contributed by atoms with van der Waals surface area (Å²) in [4.78, 5) is 8.24. The van der Waals surface area contributed by atoms with Crippen LogP contribution in [0.5, 0.6) is 0 Å². The van der Waals surface area contributed by atoms with Crippen LogP contribution in [0.1, 0.15) is 11.4 Å². The van der Waals surface area contributed by atoms with Crippen LogP contribution in [0.3, 0.4) is 0 Å². The number of halogens is 1. The Balaban J connectivity index is 1.39. The predicted molar refractivity (Wildman–Crippen MR) is 112 cm³/mol. The molecule has 0 amide bonds. The second kappa shape index (κ2) is 8.76. The third-order valence-corrected chi connectivity index (χ3v) is 5.90. The highest BCUT2D eigenvalue weighted by Crippen LogP contribution is 2.22. The van der Waals surface area contributed by atoms with Gasteiger partial charge in [-0.25, -0.2) is 32.2 Å². The van der Waals surface area contributed by atoms with Gasteiger partial charge in [0.15, 0.2) is 5.82 Å². The summed E-state index contributed by atoms with van der Waals surface area (Å²) in [5, 5.41) is 20.4. The molecule has 0 aliphatic carbocycles. The number of aryl methyl sites for hydroxylation is 2. The van der Waals surface area contributed by atoms with Gasteiger partial charge in [0, 0.05) is 24.8 Å². The molecule has 4 aromatic rings. The van der Waals surface area contributed by atoms with Gasteiger partial charge in [-0.1, -0.05) is 0 Å². The topological polar surface area (TPSA) is 156 Å². The molecule has 0 unspecified atom stereocenters. The number of nitrogens with one attached hydrogen (secondary N) is 3. The number of nitrogens with zero attached hydrogens (tertiary/aromatic N) is 7. The first-order valence-electron chi connectivity index (χ1n) is 9.46. The molecule has 12 nitrogen and oxygen atoms in total. The van der Waals surface area contributed by atoms with Gasteiger partial charge in [-0.05, 0) is 43.3 Å². The van der Waals surface area contributed by atoms with Crippen molar-refractivity contribution in [1.82, 2.24) is 45.1 Å². The minimum atomic E-state index is -3.89. The van der Waals surface area contributed by atoms with Crippen molar-refractivity contribution in [2.75, 3.05) is 18.4 Å². The van der Waals surface area contributed by atoms with E-state index in [4.69, 9.17) is 0 Å². The first-order valence-corrected chi connectivity index (χ1v) is 10.9. The summed E-state index contributed by atoms with van der Waals surface area (Å²) in [6.07, 6.45) is 1.40. The third kappa shape index (κ3) is 4.60. The van der Waals surface area contributed by atoms with Gasteiger partial charge in [0.2, 0.25) is 15.8 Å². The molecule has 0 saturated carbocycles. The number of aromatic amines is 1. The summed E-state index contributed by atoms with van der Waals surface area (Å²) in [5.41, 5.74) is 1.73. The van der Waals surface area contributed by atoms with Crippen LogP contribution in [0.2, 0.25) is 0 Å². The highest BCUT2D eigenvalue weighted by atomic mass is 32.2. The molecule has 0 radical (unpaired) electrons. The van der Waals surface area contributed by atoms with E-state index in [9.17, 15) is 12.8 Å². The van der Waals surface area contributed by atoms with Crippen LogP contribution >= 0.6 is 0 Å². The summed E-state index contributed by atoms with van der Waals surface area (Å²) < 4.78 is 43.4. The Labute approximate surface area is 182 Å². The molecule has 0 aliphatic heterocycles. The van der Waals surface area contributed by atoms with Gasteiger partial charge in [-0.15, -0.1) is 10.2 Å². The van der Waals surface area contributed by atoms with Gasteiger partial charge in [0.05, 0.1) is 16.2 Å². The fourth-order valence-electron chi connectivity index (χ4n) is 3.00. The molecule has 0 bridgehead atoms. The van der Waals surface area contributed by atoms with Crippen LogP contribution in [-0.4, -0.2) is 61.9 Å². The highest BCUT2D eigenvalue weighted by molar-refractivity contribution is 7.89. The SMILES string of the molecule is Cc1cc(C)n(-c2cc(NCCNS(=O)(=O)c3ccc(F)c(-c4nn[nH]n4)c3)ncn2)n1. The number of tetrazole rings is 1. The standard InChI is InChI=1S/C18H19FN10O2S/c1-11-7-12(2)29(26-11)17-9-16(21-10-22-17)20-5-6-23-32(30,31)13-3-4-15(19)14(8-13)18-24-27-28-25-18/h3-4,7-10,23H,5-6H2,1-2H3,(H,20,21,22)(H,24,25,27,28). The first kappa shape index (κ1) is 21.5. The van der Waals surface area contributed by atoms with E-state index in [2.05, 4.69) is 45.7 Å². The number of benzene rings is 1. The number of rotatable bonds is 8. The van der Waals surface area contributed by atoms with Crippen LogP contribution in [0.15, 0.2) is 41.6 Å². The van der Waals surface area contributed by atoms with Gasteiger partial charge >= 0.3 is 0 Å². The number of hydrogen-bond donors (Lipinski definition) is 3. The zero-order valence-electron chi connectivity index (χ0n) is 17.1.